The van der Waals surface area contributed by atoms with Crippen LogP contribution in [0.5, 0.6) is 0 Å². The molecule has 9 heteroatoms. The van der Waals surface area contributed by atoms with Crippen LogP contribution in [0.3, 0.4) is 0 Å². The highest BCUT2D eigenvalue weighted by molar-refractivity contribution is 7.91. The van der Waals surface area contributed by atoms with Gasteiger partial charge < -0.3 is 9.64 Å². The first kappa shape index (κ1) is 21.5. The Bertz CT molecular complexity index is 929. The van der Waals surface area contributed by atoms with Crippen LogP contribution >= 0.6 is 0 Å². The summed E-state index contributed by atoms with van der Waals surface area (Å²) in [4.78, 5) is 25.4. The standard InChI is InChI=1S/C19H19F2NO5S/c1-13(2)22(15-6-4-3-5-7-15)17(23)12-27-18(24)14-8-10-16(11-9-14)28(25,26)19(20)21/h3-11,13,19H,12H2,1-2H3. The highest BCUT2D eigenvalue weighted by Crippen LogP contribution is 2.19. The van der Waals surface area contributed by atoms with Crippen molar-refractivity contribution < 1.29 is 31.5 Å². The van der Waals surface area contributed by atoms with E-state index in [9.17, 15) is 26.8 Å². The van der Waals surface area contributed by atoms with Gasteiger partial charge in [0.2, 0.25) is 9.84 Å². The van der Waals surface area contributed by atoms with Crippen LogP contribution in [0, 0.1) is 0 Å². The third-order valence-corrected chi connectivity index (χ3v) is 5.20. The van der Waals surface area contributed by atoms with E-state index in [4.69, 9.17) is 4.74 Å². The zero-order valence-electron chi connectivity index (χ0n) is 15.2. The molecule has 28 heavy (non-hydrogen) atoms. The fourth-order valence-corrected chi connectivity index (χ4v) is 3.20. The Morgan fingerprint density at radius 1 is 1.00 bits per heavy atom. The highest BCUT2D eigenvalue weighted by Gasteiger charge is 2.27. The van der Waals surface area contributed by atoms with Gasteiger partial charge in [-0.15, -0.1) is 0 Å². The Balaban J connectivity index is 2.06. The lowest BCUT2D eigenvalue weighted by Gasteiger charge is -2.26. The number of ether oxygens (including phenoxy) is 1. The smallest absolute Gasteiger partial charge is 0.341 e. The van der Waals surface area contributed by atoms with E-state index < -0.39 is 39.0 Å². The Hall–Kier alpha value is -2.81. The van der Waals surface area contributed by atoms with Gasteiger partial charge in [0.1, 0.15) is 0 Å². The van der Waals surface area contributed by atoms with Gasteiger partial charge in [-0.2, -0.15) is 8.78 Å². The molecule has 0 fully saturated rings. The zero-order valence-corrected chi connectivity index (χ0v) is 16.0. The summed E-state index contributed by atoms with van der Waals surface area (Å²) in [6.45, 7) is 3.10. The van der Waals surface area contributed by atoms with Crippen LogP contribution in [0.2, 0.25) is 0 Å². The number of benzene rings is 2. The maximum Gasteiger partial charge on any atom is 0.341 e. The molecule has 1 amide bonds. The van der Waals surface area contributed by atoms with Gasteiger partial charge in [-0.05, 0) is 50.2 Å². The van der Waals surface area contributed by atoms with E-state index in [0.717, 1.165) is 24.3 Å². The van der Waals surface area contributed by atoms with Crippen LogP contribution in [-0.2, 0) is 19.4 Å². The second kappa shape index (κ2) is 8.92. The minimum absolute atomic E-state index is 0.0585. The highest BCUT2D eigenvalue weighted by atomic mass is 32.2. The lowest BCUT2D eigenvalue weighted by Crippen LogP contribution is -2.39. The molecule has 0 heterocycles. The summed E-state index contributed by atoms with van der Waals surface area (Å²) in [5.41, 5.74) is 0.594. The van der Waals surface area contributed by atoms with Gasteiger partial charge in [0.05, 0.1) is 10.5 Å². The quantitative estimate of drug-likeness (QED) is 0.653. The number of carbonyl (C=O) groups excluding carboxylic acids is 2. The van der Waals surface area contributed by atoms with Crippen molar-refractivity contribution in [3.8, 4) is 0 Å². The molecular formula is C19H19F2NO5S. The van der Waals surface area contributed by atoms with Crippen molar-refractivity contribution in [3.05, 3.63) is 60.2 Å². The minimum Gasteiger partial charge on any atom is -0.452 e. The molecule has 0 saturated carbocycles. The number of halogens is 2. The summed E-state index contributed by atoms with van der Waals surface area (Å²) in [7, 11) is -4.74. The SMILES string of the molecule is CC(C)N(C(=O)COC(=O)c1ccc(S(=O)(=O)C(F)F)cc1)c1ccccc1. The number of alkyl halides is 2. The summed E-state index contributed by atoms with van der Waals surface area (Å²) in [5.74, 6) is -4.86. The molecule has 0 aliphatic heterocycles. The van der Waals surface area contributed by atoms with Crippen molar-refractivity contribution >= 4 is 27.4 Å². The number of hydrogen-bond donors (Lipinski definition) is 0. The van der Waals surface area contributed by atoms with Gasteiger partial charge in [-0.1, -0.05) is 18.2 Å². The first-order valence-electron chi connectivity index (χ1n) is 8.31. The van der Waals surface area contributed by atoms with E-state index in [2.05, 4.69) is 0 Å². The van der Waals surface area contributed by atoms with Crippen molar-refractivity contribution in [2.24, 2.45) is 0 Å². The molecule has 6 nitrogen and oxygen atoms in total. The van der Waals surface area contributed by atoms with E-state index in [1.165, 1.54) is 4.90 Å². The number of nitrogens with zero attached hydrogens (tertiary/aromatic N) is 1. The topological polar surface area (TPSA) is 80.8 Å². The van der Waals surface area contributed by atoms with Crippen molar-refractivity contribution in [2.75, 3.05) is 11.5 Å². The predicted octanol–water partition coefficient (Wildman–Crippen LogP) is 3.28. The Labute approximate surface area is 161 Å². The Kier molecular flexibility index (Phi) is 6.85. The van der Waals surface area contributed by atoms with Crippen LogP contribution in [0.15, 0.2) is 59.5 Å². The lowest BCUT2D eigenvalue weighted by atomic mass is 10.2. The zero-order chi connectivity index (χ0) is 20.9. The maximum atomic E-state index is 12.5. The van der Waals surface area contributed by atoms with Gasteiger partial charge in [0.25, 0.3) is 5.91 Å². The minimum atomic E-state index is -4.74. The van der Waals surface area contributed by atoms with Crippen LogP contribution in [0.4, 0.5) is 14.5 Å². The molecule has 2 aromatic rings. The summed E-state index contributed by atoms with van der Waals surface area (Å²) in [5, 5.41) is 0. The molecule has 0 aliphatic carbocycles. The third kappa shape index (κ3) is 4.92. The number of amides is 1. The normalized spacial score (nSPS) is 11.5. The second-order valence-corrected chi connectivity index (χ2v) is 8.02. The van der Waals surface area contributed by atoms with E-state index in [0.29, 0.717) is 5.69 Å². The van der Waals surface area contributed by atoms with Crippen molar-refractivity contribution in [2.45, 2.75) is 30.5 Å². The first-order valence-corrected chi connectivity index (χ1v) is 9.85. The lowest BCUT2D eigenvalue weighted by molar-refractivity contribution is -0.122. The van der Waals surface area contributed by atoms with Crippen LogP contribution in [0.1, 0.15) is 24.2 Å². The predicted molar refractivity (Wildman–Crippen MR) is 99.0 cm³/mol. The molecule has 0 atom stereocenters. The average molecular weight is 411 g/mol. The van der Waals surface area contributed by atoms with E-state index in [1.807, 2.05) is 19.9 Å². The molecular weight excluding hydrogens is 392 g/mol. The Morgan fingerprint density at radius 3 is 2.07 bits per heavy atom. The second-order valence-electron chi connectivity index (χ2n) is 6.10. The van der Waals surface area contributed by atoms with E-state index >= 15 is 0 Å². The number of esters is 1. The molecule has 0 aliphatic rings. The molecule has 0 aromatic heterocycles. The van der Waals surface area contributed by atoms with Crippen LogP contribution < -0.4 is 4.90 Å². The number of carbonyl (C=O) groups is 2. The molecule has 2 aromatic carbocycles. The fourth-order valence-electron chi connectivity index (χ4n) is 2.48. The molecule has 0 unspecified atom stereocenters. The van der Waals surface area contributed by atoms with Gasteiger partial charge in [0.15, 0.2) is 6.61 Å². The average Bonchev–Trinajstić information content (AvgIpc) is 2.66. The molecule has 2 rings (SSSR count). The molecule has 0 saturated heterocycles. The molecule has 0 spiro atoms. The monoisotopic (exact) mass is 411 g/mol. The van der Waals surface area contributed by atoms with Gasteiger partial charge in [0, 0.05) is 11.7 Å². The summed E-state index contributed by atoms with van der Waals surface area (Å²) in [6.07, 6.45) is 0. The Morgan fingerprint density at radius 2 is 1.57 bits per heavy atom. The van der Waals surface area contributed by atoms with Gasteiger partial charge in [-0.3, -0.25) is 4.79 Å². The number of anilines is 1. The fraction of sp³-hybridized carbons (Fsp3) is 0.263. The van der Waals surface area contributed by atoms with E-state index in [-0.39, 0.29) is 11.6 Å². The summed E-state index contributed by atoms with van der Waals surface area (Å²) < 4.78 is 52.8. The molecule has 150 valence electrons. The first-order chi connectivity index (χ1) is 13.1. The number of sulfone groups is 1. The number of hydrogen-bond acceptors (Lipinski definition) is 5. The summed E-state index contributed by atoms with van der Waals surface area (Å²) in [6, 6.07) is 12.6. The number of rotatable bonds is 7. The molecule has 0 N–H and O–H groups in total. The molecule has 0 radical (unpaired) electrons. The molecule has 0 bridgehead atoms. The summed E-state index contributed by atoms with van der Waals surface area (Å²) >= 11 is 0. The van der Waals surface area contributed by atoms with Crippen molar-refractivity contribution in [1.82, 2.24) is 0 Å². The van der Waals surface area contributed by atoms with Gasteiger partial charge >= 0.3 is 11.7 Å². The van der Waals surface area contributed by atoms with E-state index in [1.54, 1.807) is 24.3 Å². The van der Waals surface area contributed by atoms with Crippen molar-refractivity contribution in [3.63, 3.8) is 0 Å². The van der Waals surface area contributed by atoms with Crippen LogP contribution in [-0.4, -0.2) is 38.7 Å². The van der Waals surface area contributed by atoms with Gasteiger partial charge in [-0.25, -0.2) is 13.2 Å². The third-order valence-electron chi connectivity index (χ3n) is 3.80. The number of para-hydroxylation sites is 1. The van der Waals surface area contributed by atoms with Crippen LogP contribution in [0.25, 0.3) is 0 Å². The maximum absolute atomic E-state index is 12.5. The van der Waals surface area contributed by atoms with Crippen molar-refractivity contribution in [1.29, 1.82) is 0 Å². The largest absolute Gasteiger partial charge is 0.452 e.